The number of rotatable bonds is 4. The van der Waals surface area contributed by atoms with E-state index in [0.29, 0.717) is 11.3 Å². The number of hydrogen-bond acceptors (Lipinski definition) is 5. The van der Waals surface area contributed by atoms with Gasteiger partial charge in [-0.15, -0.1) is 11.5 Å². The maximum atomic E-state index is 12.0. The first-order valence-electron chi connectivity index (χ1n) is 8.05. The highest BCUT2D eigenvalue weighted by atomic mass is 32.2. The standard InChI is InChI=1S/C19H17N4O4S/c1-3-19(24)23(2,25)18-13-16(14-9-5-4-6-10-14)22(21-18)15-11-7-8-12-17(15)28(20,26)27/h1,4-13,25H,2H3,(H2,20,26,27)/q+1. The van der Waals surface area contributed by atoms with Crippen LogP contribution in [0.2, 0.25) is 0 Å². The summed E-state index contributed by atoms with van der Waals surface area (Å²) in [5.41, 5.74) is 1.29. The third kappa shape index (κ3) is 3.45. The minimum absolute atomic E-state index is 0.0778. The maximum Gasteiger partial charge on any atom is 0.429 e. The second-order valence-electron chi connectivity index (χ2n) is 6.09. The quantitative estimate of drug-likeness (QED) is 0.301. The predicted octanol–water partition coefficient (Wildman–Crippen LogP) is 1.67. The van der Waals surface area contributed by atoms with Gasteiger partial charge in [-0.2, -0.15) is 0 Å². The van der Waals surface area contributed by atoms with Crippen molar-refractivity contribution in [2.75, 3.05) is 7.05 Å². The molecule has 0 spiro atoms. The number of benzene rings is 2. The molecule has 0 aliphatic heterocycles. The number of para-hydroxylation sites is 1. The molecule has 0 aliphatic carbocycles. The van der Waals surface area contributed by atoms with Crippen LogP contribution < -0.4 is 9.79 Å². The first-order valence-corrected chi connectivity index (χ1v) is 9.59. The van der Waals surface area contributed by atoms with E-state index in [0.717, 1.165) is 0 Å². The van der Waals surface area contributed by atoms with E-state index < -0.39 is 20.6 Å². The molecule has 3 N–H and O–H groups in total. The smallest absolute Gasteiger partial charge is 0.226 e. The van der Waals surface area contributed by atoms with Crippen molar-refractivity contribution in [3.63, 3.8) is 0 Å². The van der Waals surface area contributed by atoms with Gasteiger partial charge in [-0.25, -0.2) is 28.2 Å². The minimum atomic E-state index is -4.06. The number of aromatic nitrogens is 2. The number of carbonyl (C=O) groups is 1. The first-order chi connectivity index (χ1) is 13.2. The maximum absolute atomic E-state index is 12.0. The zero-order valence-electron chi connectivity index (χ0n) is 14.9. The number of hydrogen-bond donors (Lipinski definition) is 2. The van der Waals surface area contributed by atoms with Crippen LogP contribution in [0.4, 0.5) is 5.82 Å². The Bertz CT molecular complexity index is 1190. The molecule has 1 atom stereocenters. The Kier molecular flexibility index (Phi) is 4.89. The van der Waals surface area contributed by atoms with Gasteiger partial charge in [0.1, 0.15) is 11.9 Å². The van der Waals surface area contributed by atoms with Gasteiger partial charge in [0.05, 0.1) is 17.4 Å². The molecule has 28 heavy (non-hydrogen) atoms. The Hall–Kier alpha value is -3.29. The van der Waals surface area contributed by atoms with Crippen LogP contribution in [-0.4, -0.2) is 36.4 Å². The summed E-state index contributed by atoms with van der Waals surface area (Å²) in [6.45, 7) is 0. The van der Waals surface area contributed by atoms with Gasteiger partial charge in [0, 0.05) is 11.5 Å². The molecule has 3 rings (SSSR count). The van der Waals surface area contributed by atoms with Gasteiger partial charge in [-0.05, 0) is 12.1 Å². The highest BCUT2D eigenvalue weighted by molar-refractivity contribution is 7.89. The van der Waals surface area contributed by atoms with E-state index in [-0.39, 0.29) is 16.4 Å². The van der Waals surface area contributed by atoms with E-state index in [9.17, 15) is 18.4 Å². The second-order valence-corrected chi connectivity index (χ2v) is 7.62. The van der Waals surface area contributed by atoms with Gasteiger partial charge in [0.2, 0.25) is 10.0 Å². The average molecular weight is 397 g/mol. The van der Waals surface area contributed by atoms with Crippen LogP contribution >= 0.6 is 0 Å². The van der Waals surface area contributed by atoms with Gasteiger partial charge in [-0.1, -0.05) is 47.1 Å². The zero-order valence-corrected chi connectivity index (χ0v) is 15.7. The number of hydroxylamine groups is 2. The van der Waals surface area contributed by atoms with Crippen molar-refractivity contribution in [2.45, 2.75) is 4.90 Å². The van der Waals surface area contributed by atoms with E-state index in [1.54, 1.807) is 30.3 Å². The SMILES string of the molecule is C#CC(=O)[N+](C)(O)c1cc(-c2ccccc2)n(-c2ccccc2S(N)(=O)=O)n1. The molecule has 2 aromatic carbocycles. The molecule has 0 fully saturated rings. The van der Waals surface area contributed by atoms with E-state index in [1.807, 2.05) is 12.0 Å². The summed E-state index contributed by atoms with van der Waals surface area (Å²) in [4.78, 5) is 11.8. The Morgan fingerprint density at radius 2 is 1.79 bits per heavy atom. The van der Waals surface area contributed by atoms with Gasteiger partial charge in [0.25, 0.3) is 5.82 Å². The van der Waals surface area contributed by atoms with Crippen LogP contribution in [0.5, 0.6) is 0 Å². The summed E-state index contributed by atoms with van der Waals surface area (Å²) in [5.74, 6) is 0.861. The lowest BCUT2D eigenvalue weighted by Gasteiger charge is -2.15. The molecule has 0 bridgehead atoms. The van der Waals surface area contributed by atoms with Crippen molar-refractivity contribution in [1.82, 2.24) is 14.4 Å². The van der Waals surface area contributed by atoms with Crippen LogP contribution in [0.15, 0.2) is 65.6 Å². The second kappa shape index (κ2) is 7.03. The van der Waals surface area contributed by atoms with Gasteiger partial charge >= 0.3 is 5.91 Å². The summed E-state index contributed by atoms with van der Waals surface area (Å²) >= 11 is 0. The molecule has 0 radical (unpaired) electrons. The van der Waals surface area contributed by atoms with Crippen molar-refractivity contribution >= 4 is 21.7 Å². The summed E-state index contributed by atoms with van der Waals surface area (Å²) in [7, 11) is -2.88. The molecule has 3 aromatic rings. The Morgan fingerprint density at radius 3 is 2.39 bits per heavy atom. The van der Waals surface area contributed by atoms with E-state index in [2.05, 4.69) is 5.10 Å². The van der Waals surface area contributed by atoms with Crippen molar-refractivity contribution in [2.24, 2.45) is 5.14 Å². The number of terminal acetylenes is 1. The lowest BCUT2D eigenvalue weighted by molar-refractivity contribution is -0.149. The fourth-order valence-corrected chi connectivity index (χ4v) is 3.40. The number of quaternary nitrogens is 1. The number of sulfonamides is 1. The minimum Gasteiger partial charge on any atom is -0.226 e. The topological polar surface area (TPSA) is 115 Å². The highest BCUT2D eigenvalue weighted by Gasteiger charge is 2.36. The van der Waals surface area contributed by atoms with Crippen LogP contribution in [0.1, 0.15) is 0 Å². The molecule has 0 saturated carbocycles. The zero-order chi connectivity index (χ0) is 20.5. The predicted molar refractivity (Wildman–Crippen MR) is 104 cm³/mol. The highest BCUT2D eigenvalue weighted by Crippen LogP contribution is 2.31. The normalized spacial score (nSPS) is 13.5. The summed E-state index contributed by atoms with van der Waals surface area (Å²) in [5, 5.41) is 20.2. The molecule has 1 heterocycles. The fourth-order valence-electron chi connectivity index (χ4n) is 2.68. The molecule has 142 valence electrons. The van der Waals surface area contributed by atoms with Crippen molar-refractivity contribution in [3.8, 4) is 29.3 Å². The lowest BCUT2D eigenvalue weighted by atomic mass is 10.1. The van der Waals surface area contributed by atoms with Gasteiger partial charge < -0.3 is 0 Å². The molecule has 1 aromatic heterocycles. The molecular weight excluding hydrogens is 380 g/mol. The number of primary sulfonamides is 1. The van der Waals surface area contributed by atoms with E-state index >= 15 is 0 Å². The third-order valence-electron chi connectivity index (χ3n) is 4.13. The van der Waals surface area contributed by atoms with Crippen LogP contribution in [0.3, 0.4) is 0 Å². The number of nitrogens with zero attached hydrogens (tertiary/aromatic N) is 3. The van der Waals surface area contributed by atoms with Crippen molar-refractivity contribution in [1.29, 1.82) is 0 Å². The monoisotopic (exact) mass is 397 g/mol. The van der Waals surface area contributed by atoms with Crippen LogP contribution in [-0.2, 0) is 14.8 Å². The van der Waals surface area contributed by atoms with Crippen molar-refractivity contribution < 1.29 is 18.4 Å². The van der Waals surface area contributed by atoms with Crippen LogP contribution in [0.25, 0.3) is 16.9 Å². The number of amides is 1. The molecule has 8 nitrogen and oxygen atoms in total. The largest absolute Gasteiger partial charge is 0.429 e. The lowest BCUT2D eigenvalue weighted by Crippen LogP contribution is -2.47. The fraction of sp³-hybridized carbons (Fsp3) is 0.0526. The summed E-state index contributed by atoms with van der Waals surface area (Å²) in [6, 6.07) is 16.4. The number of carbonyl (C=O) groups excluding carboxylic acids is 1. The van der Waals surface area contributed by atoms with Crippen LogP contribution in [0, 0.1) is 12.3 Å². The average Bonchev–Trinajstić information content (AvgIpc) is 3.13. The molecule has 0 saturated heterocycles. The Morgan fingerprint density at radius 1 is 1.18 bits per heavy atom. The Labute approximate surface area is 162 Å². The molecule has 1 amide bonds. The first kappa shape index (κ1) is 19.5. The summed E-state index contributed by atoms with van der Waals surface area (Å²) in [6.07, 6.45) is 5.14. The molecule has 0 aliphatic rings. The van der Waals surface area contributed by atoms with E-state index in [1.165, 1.54) is 36.0 Å². The summed E-state index contributed by atoms with van der Waals surface area (Å²) < 4.78 is 24.1. The van der Waals surface area contributed by atoms with Crippen molar-refractivity contribution in [3.05, 3.63) is 60.7 Å². The number of nitrogens with two attached hydrogens (primary N) is 1. The van der Waals surface area contributed by atoms with Gasteiger partial charge in [0.15, 0.2) is 0 Å². The molecule has 1 unspecified atom stereocenters. The Balaban J connectivity index is 2.34. The van der Waals surface area contributed by atoms with E-state index in [4.69, 9.17) is 11.6 Å². The van der Waals surface area contributed by atoms with Gasteiger partial charge in [-0.3, -0.25) is 0 Å². The third-order valence-corrected chi connectivity index (χ3v) is 5.09. The molecule has 9 heteroatoms. The molecular formula is C19H17N4O4S+.